The van der Waals surface area contributed by atoms with Crippen LogP contribution in [0.5, 0.6) is 0 Å². The number of anilines is 1. The molecule has 1 aliphatic heterocycles. The second kappa shape index (κ2) is 5.96. The minimum atomic E-state index is 0.857. The van der Waals surface area contributed by atoms with Crippen LogP contribution >= 0.6 is 0 Å². The van der Waals surface area contributed by atoms with Crippen molar-refractivity contribution < 1.29 is 0 Å². The highest BCUT2D eigenvalue weighted by Gasteiger charge is 2.17. The Kier molecular flexibility index (Phi) is 3.67. The van der Waals surface area contributed by atoms with Crippen LogP contribution in [0.4, 0.5) is 5.82 Å². The van der Waals surface area contributed by atoms with Gasteiger partial charge in [0.15, 0.2) is 5.65 Å². The van der Waals surface area contributed by atoms with Crippen molar-refractivity contribution in [3.05, 3.63) is 42.4 Å². The van der Waals surface area contributed by atoms with Gasteiger partial charge in [0.1, 0.15) is 12.1 Å². The SMILES string of the molecule is Cc1ccc(-n2ncc3c(N4CCCNCC4)ncnc32)cc1. The van der Waals surface area contributed by atoms with Gasteiger partial charge in [-0.1, -0.05) is 17.7 Å². The molecule has 0 bridgehead atoms. The van der Waals surface area contributed by atoms with E-state index in [1.54, 1.807) is 6.33 Å². The van der Waals surface area contributed by atoms with Crippen molar-refractivity contribution >= 4 is 16.9 Å². The van der Waals surface area contributed by atoms with Crippen LogP contribution in [0.25, 0.3) is 16.7 Å². The summed E-state index contributed by atoms with van der Waals surface area (Å²) >= 11 is 0. The Balaban J connectivity index is 1.78. The van der Waals surface area contributed by atoms with Crippen molar-refractivity contribution in [2.45, 2.75) is 13.3 Å². The predicted molar refractivity (Wildman–Crippen MR) is 91.1 cm³/mol. The zero-order valence-electron chi connectivity index (χ0n) is 13.2. The number of nitrogens with one attached hydrogen (secondary N) is 1. The molecule has 0 unspecified atom stereocenters. The molecule has 1 aromatic carbocycles. The average Bonchev–Trinajstić information content (AvgIpc) is 2.83. The Morgan fingerprint density at radius 3 is 2.78 bits per heavy atom. The molecular weight excluding hydrogens is 288 g/mol. The molecule has 1 N–H and O–H groups in total. The van der Waals surface area contributed by atoms with Crippen LogP contribution in [0.1, 0.15) is 12.0 Å². The smallest absolute Gasteiger partial charge is 0.168 e. The molecule has 1 saturated heterocycles. The first-order valence-electron chi connectivity index (χ1n) is 8.04. The standard InChI is InChI=1S/C17H20N6/c1-13-3-5-14(6-4-13)23-17-15(11-21-23)16(19-12-20-17)22-9-2-7-18-8-10-22/h3-6,11-12,18H,2,7-10H2,1H3. The summed E-state index contributed by atoms with van der Waals surface area (Å²) in [5.74, 6) is 0.983. The molecule has 6 nitrogen and oxygen atoms in total. The summed E-state index contributed by atoms with van der Waals surface area (Å²) in [4.78, 5) is 11.3. The lowest BCUT2D eigenvalue weighted by molar-refractivity contribution is 0.724. The van der Waals surface area contributed by atoms with Gasteiger partial charge in [-0.15, -0.1) is 0 Å². The van der Waals surface area contributed by atoms with Crippen LogP contribution in [-0.2, 0) is 0 Å². The van der Waals surface area contributed by atoms with Gasteiger partial charge in [0.05, 0.1) is 17.3 Å². The van der Waals surface area contributed by atoms with E-state index in [9.17, 15) is 0 Å². The van der Waals surface area contributed by atoms with E-state index in [-0.39, 0.29) is 0 Å². The van der Waals surface area contributed by atoms with Crippen LogP contribution in [0.3, 0.4) is 0 Å². The zero-order valence-corrected chi connectivity index (χ0v) is 13.2. The van der Waals surface area contributed by atoms with Crippen LogP contribution in [-0.4, -0.2) is 45.9 Å². The lowest BCUT2D eigenvalue weighted by atomic mass is 10.2. The van der Waals surface area contributed by atoms with Crippen molar-refractivity contribution in [1.82, 2.24) is 25.1 Å². The van der Waals surface area contributed by atoms with Gasteiger partial charge in [0.25, 0.3) is 0 Å². The number of rotatable bonds is 2. The Labute approximate surface area is 135 Å². The molecule has 1 fully saturated rings. The molecule has 1 aliphatic rings. The van der Waals surface area contributed by atoms with Crippen LogP contribution < -0.4 is 10.2 Å². The van der Waals surface area contributed by atoms with E-state index in [1.165, 1.54) is 5.56 Å². The van der Waals surface area contributed by atoms with Gasteiger partial charge in [-0.2, -0.15) is 5.10 Å². The quantitative estimate of drug-likeness (QED) is 0.784. The van der Waals surface area contributed by atoms with Crippen molar-refractivity contribution in [3.8, 4) is 5.69 Å². The molecule has 2 aromatic heterocycles. The Morgan fingerprint density at radius 1 is 1.04 bits per heavy atom. The van der Waals surface area contributed by atoms with Crippen molar-refractivity contribution in [1.29, 1.82) is 0 Å². The molecule has 118 valence electrons. The summed E-state index contributed by atoms with van der Waals surface area (Å²) in [5.41, 5.74) is 3.11. The summed E-state index contributed by atoms with van der Waals surface area (Å²) in [6.07, 6.45) is 4.64. The molecule has 0 aliphatic carbocycles. The maximum atomic E-state index is 4.55. The van der Waals surface area contributed by atoms with Gasteiger partial charge < -0.3 is 10.2 Å². The highest BCUT2D eigenvalue weighted by Crippen LogP contribution is 2.25. The zero-order chi connectivity index (χ0) is 15.6. The van der Waals surface area contributed by atoms with E-state index in [0.29, 0.717) is 0 Å². The largest absolute Gasteiger partial charge is 0.355 e. The van der Waals surface area contributed by atoms with E-state index >= 15 is 0 Å². The first-order valence-corrected chi connectivity index (χ1v) is 8.04. The Morgan fingerprint density at radius 2 is 1.91 bits per heavy atom. The third kappa shape index (κ3) is 2.66. The highest BCUT2D eigenvalue weighted by molar-refractivity contribution is 5.87. The van der Waals surface area contributed by atoms with E-state index < -0.39 is 0 Å². The minimum absolute atomic E-state index is 0.857. The van der Waals surface area contributed by atoms with Crippen LogP contribution in [0.15, 0.2) is 36.8 Å². The van der Waals surface area contributed by atoms with Gasteiger partial charge in [0.2, 0.25) is 0 Å². The topological polar surface area (TPSA) is 58.9 Å². The van der Waals surface area contributed by atoms with E-state index in [2.05, 4.69) is 56.5 Å². The fraction of sp³-hybridized carbons (Fsp3) is 0.353. The number of aryl methyl sites for hydroxylation is 1. The van der Waals surface area contributed by atoms with Crippen molar-refractivity contribution in [2.24, 2.45) is 0 Å². The summed E-state index contributed by atoms with van der Waals surface area (Å²) in [7, 11) is 0. The molecule has 4 rings (SSSR count). The monoisotopic (exact) mass is 308 g/mol. The van der Waals surface area contributed by atoms with Gasteiger partial charge in [-0.05, 0) is 32.0 Å². The first kappa shape index (κ1) is 14.1. The van der Waals surface area contributed by atoms with Gasteiger partial charge in [0, 0.05) is 19.6 Å². The number of fused-ring (bicyclic) bond motifs is 1. The summed E-state index contributed by atoms with van der Waals surface area (Å²) in [5, 5.41) is 8.98. The molecular formula is C17H20N6. The molecule has 0 spiro atoms. The second-order valence-corrected chi connectivity index (χ2v) is 5.92. The van der Waals surface area contributed by atoms with Gasteiger partial charge >= 0.3 is 0 Å². The molecule has 3 aromatic rings. The van der Waals surface area contributed by atoms with E-state index in [4.69, 9.17) is 0 Å². The van der Waals surface area contributed by atoms with Crippen molar-refractivity contribution in [3.63, 3.8) is 0 Å². The Hall–Kier alpha value is -2.47. The molecule has 6 heteroatoms. The van der Waals surface area contributed by atoms with E-state index in [1.807, 2.05) is 10.9 Å². The second-order valence-electron chi connectivity index (χ2n) is 5.92. The molecule has 0 saturated carbocycles. The summed E-state index contributed by atoms with van der Waals surface area (Å²) < 4.78 is 1.88. The van der Waals surface area contributed by atoms with Gasteiger partial charge in [-0.3, -0.25) is 0 Å². The molecule has 0 amide bonds. The summed E-state index contributed by atoms with van der Waals surface area (Å²) in [6, 6.07) is 8.32. The van der Waals surface area contributed by atoms with Crippen molar-refractivity contribution in [2.75, 3.05) is 31.1 Å². The average molecular weight is 308 g/mol. The summed E-state index contributed by atoms with van der Waals surface area (Å²) in [6.45, 7) is 6.10. The molecule has 0 radical (unpaired) electrons. The van der Waals surface area contributed by atoms with E-state index in [0.717, 1.165) is 55.1 Å². The third-order valence-electron chi connectivity index (χ3n) is 4.26. The lowest BCUT2D eigenvalue weighted by Crippen LogP contribution is -2.28. The maximum absolute atomic E-state index is 4.55. The number of hydrogen-bond acceptors (Lipinski definition) is 5. The maximum Gasteiger partial charge on any atom is 0.168 e. The number of nitrogens with zero attached hydrogens (tertiary/aromatic N) is 5. The normalized spacial score (nSPS) is 15.8. The van der Waals surface area contributed by atoms with Crippen LogP contribution in [0.2, 0.25) is 0 Å². The third-order valence-corrected chi connectivity index (χ3v) is 4.26. The molecule has 0 atom stereocenters. The lowest BCUT2D eigenvalue weighted by Gasteiger charge is -2.21. The first-order chi connectivity index (χ1) is 11.3. The molecule has 3 heterocycles. The fourth-order valence-electron chi connectivity index (χ4n) is 3.02. The highest BCUT2D eigenvalue weighted by atomic mass is 15.3. The van der Waals surface area contributed by atoms with Crippen LogP contribution in [0, 0.1) is 6.92 Å². The fourth-order valence-corrected chi connectivity index (χ4v) is 3.02. The minimum Gasteiger partial charge on any atom is -0.355 e. The number of benzene rings is 1. The number of aromatic nitrogens is 4. The Bertz CT molecular complexity index is 800. The van der Waals surface area contributed by atoms with Gasteiger partial charge in [-0.25, -0.2) is 14.6 Å². The predicted octanol–water partition coefficient (Wildman–Crippen LogP) is 1.92. The molecule has 23 heavy (non-hydrogen) atoms. The number of hydrogen-bond donors (Lipinski definition) is 1.